The molecule has 1 atom stereocenters. The monoisotopic (exact) mass is 357 g/mol. The Morgan fingerprint density at radius 3 is 2.71 bits per heavy atom. The molecule has 0 radical (unpaired) electrons. The molecule has 0 heterocycles. The fourth-order valence-corrected chi connectivity index (χ4v) is 2.42. The molecule has 118 valence electrons. The van der Waals surface area contributed by atoms with Crippen LogP contribution in [0.25, 0.3) is 0 Å². The summed E-state index contributed by atoms with van der Waals surface area (Å²) >= 11 is 3.44. The van der Waals surface area contributed by atoms with Crippen LogP contribution in [0.2, 0.25) is 0 Å². The second kappa shape index (κ2) is 9.05. The molecule has 1 aromatic rings. The number of aliphatic carboxylic acids is 1. The van der Waals surface area contributed by atoms with Crippen molar-refractivity contribution in [1.29, 1.82) is 0 Å². The maximum absolute atomic E-state index is 11.3. The number of halogens is 1. The summed E-state index contributed by atoms with van der Waals surface area (Å²) in [5.74, 6) is 0.327. The molecule has 0 spiro atoms. The van der Waals surface area contributed by atoms with Crippen LogP contribution in [0, 0.1) is 5.92 Å². The van der Waals surface area contributed by atoms with Crippen LogP contribution >= 0.6 is 15.9 Å². The standard InChI is InChI=1S/C16H24BrNO3/c1-4-7-21-15-6-5-13(17)9-12(15)10-18-14(16(19)20)8-11(2)3/h5-6,9,11,14,18H,4,7-8,10H2,1-3H3,(H,19,20). The van der Waals surface area contributed by atoms with Crippen LogP contribution in [0.5, 0.6) is 5.75 Å². The van der Waals surface area contributed by atoms with Crippen LogP contribution in [0.3, 0.4) is 0 Å². The van der Waals surface area contributed by atoms with Gasteiger partial charge in [-0.15, -0.1) is 0 Å². The molecular weight excluding hydrogens is 334 g/mol. The number of carboxylic acid groups (broad SMARTS) is 1. The van der Waals surface area contributed by atoms with Gasteiger partial charge in [0.15, 0.2) is 0 Å². The van der Waals surface area contributed by atoms with Gasteiger partial charge in [-0.3, -0.25) is 4.79 Å². The van der Waals surface area contributed by atoms with Gasteiger partial charge in [0, 0.05) is 16.6 Å². The summed E-state index contributed by atoms with van der Waals surface area (Å²) < 4.78 is 6.66. The fourth-order valence-electron chi connectivity index (χ4n) is 2.02. The van der Waals surface area contributed by atoms with Crippen molar-refractivity contribution in [2.45, 2.75) is 46.2 Å². The van der Waals surface area contributed by atoms with Gasteiger partial charge in [-0.25, -0.2) is 0 Å². The highest BCUT2D eigenvalue weighted by atomic mass is 79.9. The van der Waals surface area contributed by atoms with E-state index in [2.05, 4.69) is 28.2 Å². The van der Waals surface area contributed by atoms with Gasteiger partial charge in [0.25, 0.3) is 0 Å². The Morgan fingerprint density at radius 2 is 2.14 bits per heavy atom. The van der Waals surface area contributed by atoms with Crippen LogP contribution in [0.15, 0.2) is 22.7 Å². The van der Waals surface area contributed by atoms with Gasteiger partial charge in [-0.2, -0.15) is 0 Å². The van der Waals surface area contributed by atoms with Crippen LogP contribution in [-0.4, -0.2) is 23.7 Å². The molecule has 0 aliphatic rings. The van der Waals surface area contributed by atoms with E-state index in [1.54, 1.807) is 0 Å². The van der Waals surface area contributed by atoms with Crippen molar-refractivity contribution in [3.8, 4) is 5.75 Å². The number of rotatable bonds is 9. The highest BCUT2D eigenvalue weighted by Crippen LogP contribution is 2.23. The van der Waals surface area contributed by atoms with Crippen LogP contribution in [-0.2, 0) is 11.3 Å². The summed E-state index contributed by atoms with van der Waals surface area (Å²) in [6.07, 6.45) is 1.54. The minimum absolute atomic E-state index is 0.330. The molecule has 1 rings (SSSR count). The number of hydrogen-bond acceptors (Lipinski definition) is 3. The molecule has 21 heavy (non-hydrogen) atoms. The van der Waals surface area contributed by atoms with Gasteiger partial charge in [0.05, 0.1) is 6.61 Å². The molecule has 0 bridgehead atoms. The average Bonchev–Trinajstić information content (AvgIpc) is 2.41. The molecule has 0 aromatic heterocycles. The maximum atomic E-state index is 11.3. The SMILES string of the molecule is CCCOc1ccc(Br)cc1CNC(CC(C)C)C(=O)O. The number of carbonyl (C=O) groups is 1. The molecule has 0 fully saturated rings. The zero-order valence-corrected chi connectivity index (χ0v) is 14.4. The number of ether oxygens (including phenoxy) is 1. The van der Waals surface area contributed by atoms with E-state index >= 15 is 0 Å². The zero-order valence-electron chi connectivity index (χ0n) is 12.9. The Morgan fingerprint density at radius 1 is 1.43 bits per heavy atom. The van der Waals surface area contributed by atoms with Gasteiger partial charge in [0.1, 0.15) is 11.8 Å². The first-order valence-corrected chi connectivity index (χ1v) is 8.10. The van der Waals surface area contributed by atoms with E-state index < -0.39 is 12.0 Å². The van der Waals surface area contributed by atoms with Gasteiger partial charge in [-0.05, 0) is 37.0 Å². The molecule has 1 aromatic carbocycles. The summed E-state index contributed by atoms with van der Waals surface area (Å²) in [6.45, 7) is 7.23. The van der Waals surface area contributed by atoms with E-state index in [4.69, 9.17) is 4.74 Å². The second-order valence-corrected chi connectivity index (χ2v) is 6.42. The summed E-state index contributed by atoms with van der Waals surface area (Å²) in [5.41, 5.74) is 0.966. The molecule has 0 aliphatic heterocycles. The predicted octanol–water partition coefficient (Wildman–Crippen LogP) is 3.83. The van der Waals surface area contributed by atoms with Crippen LogP contribution < -0.4 is 10.1 Å². The van der Waals surface area contributed by atoms with Crippen molar-refractivity contribution in [2.24, 2.45) is 5.92 Å². The Labute approximate surface area is 135 Å². The Kier molecular flexibility index (Phi) is 7.75. The lowest BCUT2D eigenvalue weighted by atomic mass is 10.0. The van der Waals surface area contributed by atoms with Gasteiger partial charge in [0.2, 0.25) is 0 Å². The summed E-state index contributed by atoms with van der Waals surface area (Å²) in [5, 5.41) is 12.4. The molecule has 0 saturated carbocycles. The summed E-state index contributed by atoms with van der Waals surface area (Å²) in [6, 6.07) is 5.27. The molecule has 2 N–H and O–H groups in total. The van der Waals surface area contributed by atoms with Gasteiger partial charge in [-0.1, -0.05) is 36.7 Å². The van der Waals surface area contributed by atoms with Crippen molar-refractivity contribution < 1.29 is 14.6 Å². The molecule has 4 nitrogen and oxygen atoms in total. The Balaban J connectivity index is 2.75. The first-order chi connectivity index (χ1) is 9.93. The summed E-state index contributed by atoms with van der Waals surface area (Å²) in [7, 11) is 0. The third-order valence-corrected chi connectivity index (χ3v) is 3.52. The number of carboxylic acids is 1. The minimum Gasteiger partial charge on any atom is -0.493 e. The second-order valence-electron chi connectivity index (χ2n) is 5.50. The van der Waals surface area contributed by atoms with Crippen molar-refractivity contribution in [3.63, 3.8) is 0 Å². The smallest absolute Gasteiger partial charge is 0.320 e. The van der Waals surface area contributed by atoms with E-state index in [0.717, 1.165) is 22.2 Å². The van der Waals surface area contributed by atoms with Gasteiger partial charge < -0.3 is 15.2 Å². The molecule has 0 amide bonds. The van der Waals surface area contributed by atoms with Gasteiger partial charge >= 0.3 is 5.97 Å². The molecule has 0 saturated heterocycles. The largest absolute Gasteiger partial charge is 0.493 e. The zero-order chi connectivity index (χ0) is 15.8. The van der Waals surface area contributed by atoms with E-state index in [9.17, 15) is 9.90 Å². The first kappa shape index (κ1) is 18.0. The quantitative estimate of drug-likeness (QED) is 0.705. The molecule has 1 unspecified atom stereocenters. The third kappa shape index (κ3) is 6.48. The Bertz CT molecular complexity index is 463. The lowest BCUT2D eigenvalue weighted by Gasteiger charge is -2.18. The normalized spacial score (nSPS) is 12.4. The number of nitrogens with one attached hydrogen (secondary N) is 1. The van der Waals surface area contributed by atoms with Crippen molar-refractivity contribution >= 4 is 21.9 Å². The van der Waals surface area contributed by atoms with Crippen molar-refractivity contribution in [2.75, 3.05) is 6.61 Å². The lowest BCUT2D eigenvalue weighted by Crippen LogP contribution is -2.37. The van der Waals surface area contributed by atoms with E-state index in [1.807, 2.05) is 32.0 Å². The van der Waals surface area contributed by atoms with Crippen molar-refractivity contribution in [1.82, 2.24) is 5.32 Å². The number of benzene rings is 1. The third-order valence-electron chi connectivity index (χ3n) is 3.03. The lowest BCUT2D eigenvalue weighted by molar-refractivity contribution is -0.140. The van der Waals surface area contributed by atoms with E-state index in [-0.39, 0.29) is 0 Å². The van der Waals surface area contributed by atoms with Crippen LogP contribution in [0.4, 0.5) is 0 Å². The first-order valence-electron chi connectivity index (χ1n) is 7.31. The highest BCUT2D eigenvalue weighted by molar-refractivity contribution is 9.10. The Hall–Kier alpha value is -1.07. The van der Waals surface area contributed by atoms with E-state index in [0.29, 0.717) is 25.5 Å². The average molecular weight is 358 g/mol. The van der Waals surface area contributed by atoms with E-state index in [1.165, 1.54) is 0 Å². The predicted molar refractivity (Wildman–Crippen MR) is 87.6 cm³/mol. The van der Waals surface area contributed by atoms with Crippen molar-refractivity contribution in [3.05, 3.63) is 28.2 Å². The molecular formula is C16H24BrNO3. The fraction of sp³-hybridized carbons (Fsp3) is 0.562. The minimum atomic E-state index is -0.810. The number of hydrogen-bond donors (Lipinski definition) is 2. The topological polar surface area (TPSA) is 58.6 Å². The molecule has 0 aliphatic carbocycles. The summed E-state index contributed by atoms with van der Waals surface area (Å²) in [4.78, 5) is 11.3. The molecule has 5 heteroatoms. The van der Waals surface area contributed by atoms with Crippen LogP contribution in [0.1, 0.15) is 39.2 Å². The maximum Gasteiger partial charge on any atom is 0.320 e. The highest BCUT2D eigenvalue weighted by Gasteiger charge is 2.18.